The van der Waals surface area contributed by atoms with Crippen LogP contribution in [0.5, 0.6) is 0 Å². The van der Waals surface area contributed by atoms with E-state index in [0.29, 0.717) is 6.42 Å². The van der Waals surface area contributed by atoms with Crippen LogP contribution in [0.4, 0.5) is 13.2 Å². The van der Waals surface area contributed by atoms with E-state index in [0.717, 1.165) is 0 Å². The zero-order valence-corrected chi connectivity index (χ0v) is 13.3. The van der Waals surface area contributed by atoms with E-state index in [4.69, 9.17) is 9.47 Å². The number of cyclic esters (lactones) is 1. The van der Waals surface area contributed by atoms with E-state index in [1.54, 1.807) is 6.92 Å². The maximum atomic E-state index is 13.6. The number of halogens is 3. The molecule has 0 spiro atoms. The number of aliphatic hydroxyl groups excluding tert-OH is 1. The fraction of sp³-hybridized carbons (Fsp3) is 0.867. The zero-order chi connectivity index (χ0) is 17.9. The number of esters is 2. The molecule has 0 aromatic rings. The Morgan fingerprint density at radius 1 is 1.46 bits per heavy atom. The molecule has 0 amide bonds. The van der Waals surface area contributed by atoms with Gasteiger partial charge in [0.2, 0.25) is 0 Å². The van der Waals surface area contributed by atoms with Crippen molar-refractivity contribution in [2.24, 2.45) is 16.7 Å². The van der Waals surface area contributed by atoms with E-state index in [-0.39, 0.29) is 6.42 Å². The Hall–Kier alpha value is -1.35. The second kappa shape index (κ2) is 5.32. The summed E-state index contributed by atoms with van der Waals surface area (Å²) in [6.45, 7) is 2.39. The first-order valence-corrected chi connectivity index (χ1v) is 7.83. The van der Waals surface area contributed by atoms with Gasteiger partial charge in [-0.15, -0.1) is 0 Å². The van der Waals surface area contributed by atoms with Gasteiger partial charge in [0.1, 0.15) is 12.2 Å². The third-order valence-corrected chi connectivity index (χ3v) is 5.70. The highest BCUT2D eigenvalue weighted by Crippen LogP contribution is 2.63. The molecule has 0 saturated carbocycles. The first kappa shape index (κ1) is 17.5. The van der Waals surface area contributed by atoms with Gasteiger partial charge in [0, 0.05) is 6.42 Å². The number of hydrogen-bond acceptors (Lipinski definition) is 6. The van der Waals surface area contributed by atoms with E-state index in [2.05, 4.69) is 4.74 Å². The highest BCUT2D eigenvalue weighted by Gasteiger charge is 2.81. The maximum absolute atomic E-state index is 13.6. The van der Waals surface area contributed by atoms with Crippen LogP contribution < -0.4 is 0 Å². The Labute approximate surface area is 136 Å². The molecule has 3 saturated heterocycles. The van der Waals surface area contributed by atoms with Crippen molar-refractivity contribution in [2.75, 3.05) is 13.2 Å². The average molecular weight is 352 g/mol. The van der Waals surface area contributed by atoms with Crippen molar-refractivity contribution in [3.05, 3.63) is 0 Å². The molecule has 3 aliphatic rings. The lowest BCUT2D eigenvalue weighted by Crippen LogP contribution is -2.56. The minimum Gasteiger partial charge on any atom is -0.464 e. The predicted molar refractivity (Wildman–Crippen MR) is 71.6 cm³/mol. The number of fused-ring (bicyclic) bond motifs is 5. The molecule has 6 nitrogen and oxygen atoms in total. The first-order chi connectivity index (χ1) is 11.1. The Balaban J connectivity index is 1.81. The topological polar surface area (TPSA) is 82.1 Å². The lowest BCUT2D eigenvalue weighted by atomic mass is 9.66. The van der Waals surface area contributed by atoms with Crippen molar-refractivity contribution in [2.45, 2.75) is 51.2 Å². The highest BCUT2D eigenvalue weighted by atomic mass is 19.4. The average Bonchev–Trinajstić information content (AvgIpc) is 3.16. The van der Waals surface area contributed by atoms with Gasteiger partial charge in [-0.05, 0) is 13.3 Å². The van der Waals surface area contributed by atoms with E-state index in [1.807, 2.05) is 0 Å². The SMILES string of the molecule is CCC(C)(CO)C(=O)OC1CC2OC1C1COC(=O)C21C(F)(F)F. The van der Waals surface area contributed by atoms with Gasteiger partial charge in [-0.1, -0.05) is 6.92 Å². The summed E-state index contributed by atoms with van der Waals surface area (Å²) >= 11 is 0. The summed E-state index contributed by atoms with van der Waals surface area (Å²) in [7, 11) is 0. The summed E-state index contributed by atoms with van der Waals surface area (Å²) in [6, 6.07) is 0. The van der Waals surface area contributed by atoms with Crippen LogP contribution in [0, 0.1) is 16.7 Å². The summed E-state index contributed by atoms with van der Waals surface area (Å²) in [4.78, 5) is 24.1. The second-order valence-corrected chi connectivity index (χ2v) is 6.91. The molecule has 2 bridgehead atoms. The lowest BCUT2D eigenvalue weighted by molar-refractivity contribution is -0.242. The maximum Gasteiger partial charge on any atom is 0.407 e. The summed E-state index contributed by atoms with van der Waals surface area (Å²) in [5.74, 6) is -3.22. The zero-order valence-electron chi connectivity index (χ0n) is 13.3. The van der Waals surface area contributed by atoms with Gasteiger partial charge < -0.3 is 19.3 Å². The molecule has 3 aliphatic heterocycles. The van der Waals surface area contributed by atoms with Gasteiger partial charge in [-0.3, -0.25) is 9.59 Å². The third-order valence-electron chi connectivity index (χ3n) is 5.70. The van der Waals surface area contributed by atoms with Gasteiger partial charge in [0.25, 0.3) is 0 Å². The van der Waals surface area contributed by atoms with Crippen LogP contribution in [0.25, 0.3) is 0 Å². The Morgan fingerprint density at radius 2 is 2.12 bits per heavy atom. The largest absolute Gasteiger partial charge is 0.464 e. The Morgan fingerprint density at radius 3 is 2.67 bits per heavy atom. The van der Waals surface area contributed by atoms with Crippen molar-refractivity contribution in [1.29, 1.82) is 0 Å². The molecule has 1 N–H and O–H groups in total. The third kappa shape index (κ3) is 2.03. The van der Waals surface area contributed by atoms with Crippen LogP contribution in [0.1, 0.15) is 26.7 Å². The summed E-state index contributed by atoms with van der Waals surface area (Å²) in [5, 5.41) is 9.35. The lowest BCUT2D eigenvalue weighted by Gasteiger charge is -2.36. The van der Waals surface area contributed by atoms with E-state index < -0.39 is 66.4 Å². The summed E-state index contributed by atoms with van der Waals surface area (Å²) in [6.07, 6.45) is -8.01. The number of carbonyl (C=O) groups is 2. The molecule has 6 unspecified atom stereocenters. The molecule has 24 heavy (non-hydrogen) atoms. The highest BCUT2D eigenvalue weighted by molar-refractivity contribution is 5.82. The van der Waals surface area contributed by atoms with Crippen molar-refractivity contribution < 1.29 is 42.1 Å². The Kier molecular flexibility index (Phi) is 3.87. The number of aliphatic hydroxyl groups is 1. The van der Waals surface area contributed by atoms with E-state index in [9.17, 15) is 27.9 Å². The quantitative estimate of drug-likeness (QED) is 0.766. The van der Waals surface area contributed by atoms with Crippen LogP contribution >= 0.6 is 0 Å². The minimum atomic E-state index is -4.79. The van der Waals surface area contributed by atoms with Crippen LogP contribution in [-0.4, -0.2) is 54.7 Å². The summed E-state index contributed by atoms with van der Waals surface area (Å²) < 4.78 is 56.1. The van der Waals surface area contributed by atoms with Crippen molar-refractivity contribution in [1.82, 2.24) is 0 Å². The molecule has 9 heteroatoms. The minimum absolute atomic E-state index is 0.216. The van der Waals surface area contributed by atoms with Gasteiger partial charge in [0.15, 0.2) is 5.41 Å². The number of alkyl halides is 3. The Bertz CT molecular complexity index is 558. The first-order valence-electron chi connectivity index (χ1n) is 7.83. The van der Waals surface area contributed by atoms with Crippen molar-refractivity contribution >= 4 is 11.9 Å². The molecular formula is C15H19F3O6. The van der Waals surface area contributed by atoms with Gasteiger partial charge in [-0.25, -0.2) is 0 Å². The summed E-state index contributed by atoms with van der Waals surface area (Å²) in [5.41, 5.74) is -3.78. The number of ether oxygens (including phenoxy) is 3. The molecule has 0 radical (unpaired) electrons. The van der Waals surface area contributed by atoms with E-state index in [1.165, 1.54) is 6.92 Å². The van der Waals surface area contributed by atoms with Gasteiger partial charge in [-0.2, -0.15) is 13.2 Å². The predicted octanol–water partition coefficient (Wildman–Crippen LogP) is 1.20. The van der Waals surface area contributed by atoms with Crippen LogP contribution in [0.3, 0.4) is 0 Å². The number of carbonyl (C=O) groups excluding carboxylic acids is 2. The molecule has 0 aromatic heterocycles. The second-order valence-electron chi connectivity index (χ2n) is 6.91. The number of hydrogen-bond donors (Lipinski definition) is 1. The molecule has 3 fully saturated rings. The smallest absolute Gasteiger partial charge is 0.407 e. The number of rotatable bonds is 4. The van der Waals surface area contributed by atoms with Crippen LogP contribution in [0.15, 0.2) is 0 Å². The standard InChI is InChI=1S/C15H19F3O6/c1-3-13(2,6-19)11(20)23-8-4-9-14(15(16,17)18)7(10(8)24-9)5-22-12(14)21/h7-10,19H,3-6H2,1-2H3. The molecule has 0 aromatic carbocycles. The molecule has 136 valence electrons. The van der Waals surface area contributed by atoms with Gasteiger partial charge in [0.05, 0.1) is 30.7 Å². The normalized spacial score (nSPS) is 40.2. The molecule has 3 rings (SSSR count). The van der Waals surface area contributed by atoms with Crippen LogP contribution in [0.2, 0.25) is 0 Å². The van der Waals surface area contributed by atoms with Crippen molar-refractivity contribution in [3.8, 4) is 0 Å². The van der Waals surface area contributed by atoms with Crippen molar-refractivity contribution in [3.63, 3.8) is 0 Å². The fourth-order valence-electron chi connectivity index (χ4n) is 3.84. The monoisotopic (exact) mass is 352 g/mol. The van der Waals surface area contributed by atoms with E-state index >= 15 is 0 Å². The fourth-order valence-corrected chi connectivity index (χ4v) is 3.84. The molecule has 0 aliphatic carbocycles. The molecular weight excluding hydrogens is 333 g/mol. The van der Waals surface area contributed by atoms with Crippen LogP contribution in [-0.2, 0) is 23.8 Å². The molecule has 6 atom stereocenters. The molecule has 3 heterocycles. The van der Waals surface area contributed by atoms with Gasteiger partial charge >= 0.3 is 18.1 Å².